The molecule has 1 aromatic carbocycles. The topological polar surface area (TPSA) is 77.2 Å². The van der Waals surface area contributed by atoms with Crippen molar-refractivity contribution in [1.82, 2.24) is 15.0 Å². The summed E-state index contributed by atoms with van der Waals surface area (Å²) in [5, 5.41) is 16.4. The second kappa shape index (κ2) is 6.18. The zero-order chi connectivity index (χ0) is 14.5. The Morgan fingerprint density at radius 2 is 2.10 bits per heavy atom. The van der Waals surface area contributed by atoms with Crippen molar-refractivity contribution in [3.8, 4) is 5.75 Å². The van der Waals surface area contributed by atoms with Gasteiger partial charge in [0.1, 0.15) is 5.75 Å². The summed E-state index contributed by atoms with van der Waals surface area (Å²) in [6.45, 7) is 4.83. The molecule has 2 aromatic rings. The van der Waals surface area contributed by atoms with Gasteiger partial charge in [0.05, 0.1) is 12.3 Å². The third-order valence-corrected chi connectivity index (χ3v) is 3.05. The molecular formula is C14H17N3O3. The zero-order valence-corrected chi connectivity index (χ0v) is 11.5. The molecule has 1 heterocycles. The van der Waals surface area contributed by atoms with Crippen molar-refractivity contribution in [2.45, 2.75) is 26.8 Å². The number of nitrogens with zero attached hydrogens (tertiary/aromatic N) is 3. The van der Waals surface area contributed by atoms with E-state index in [0.29, 0.717) is 18.8 Å². The molecule has 2 rings (SSSR count). The van der Waals surface area contributed by atoms with Gasteiger partial charge in [0.2, 0.25) is 0 Å². The monoisotopic (exact) mass is 275 g/mol. The van der Waals surface area contributed by atoms with Crippen LogP contribution >= 0.6 is 0 Å². The first kappa shape index (κ1) is 14.0. The van der Waals surface area contributed by atoms with E-state index in [1.54, 1.807) is 11.6 Å². The fourth-order valence-electron chi connectivity index (χ4n) is 1.89. The van der Waals surface area contributed by atoms with Crippen LogP contribution in [0.5, 0.6) is 5.75 Å². The molecule has 0 spiro atoms. The molecule has 1 aromatic heterocycles. The molecule has 106 valence electrons. The number of carboxylic acid groups (broad SMARTS) is 1. The average molecular weight is 275 g/mol. The van der Waals surface area contributed by atoms with Crippen molar-refractivity contribution in [2.75, 3.05) is 6.61 Å². The number of hydrogen-bond acceptors (Lipinski definition) is 4. The highest BCUT2D eigenvalue weighted by molar-refractivity contribution is 5.86. The molecule has 6 heteroatoms. The standard InChI is InChI=1S/C14H17N3O3/c1-10-6-3-4-7-12(10)20-9-5-8-17-11(2)13(14(18)19)15-16-17/h3-4,6-7H,5,8-9H2,1-2H3,(H,18,19). The van der Waals surface area contributed by atoms with Crippen molar-refractivity contribution in [3.05, 3.63) is 41.2 Å². The highest BCUT2D eigenvalue weighted by Gasteiger charge is 2.14. The summed E-state index contributed by atoms with van der Waals surface area (Å²) in [5.41, 5.74) is 1.66. The molecule has 0 unspecified atom stereocenters. The summed E-state index contributed by atoms with van der Waals surface area (Å²) < 4.78 is 7.26. The number of para-hydroxylation sites is 1. The Morgan fingerprint density at radius 1 is 1.35 bits per heavy atom. The summed E-state index contributed by atoms with van der Waals surface area (Å²) in [6.07, 6.45) is 0.734. The molecule has 20 heavy (non-hydrogen) atoms. The molecule has 0 radical (unpaired) electrons. The molecule has 6 nitrogen and oxygen atoms in total. The smallest absolute Gasteiger partial charge is 0.358 e. The minimum Gasteiger partial charge on any atom is -0.493 e. The Bertz CT molecular complexity index is 607. The minimum absolute atomic E-state index is 0.00446. The van der Waals surface area contributed by atoms with Crippen LogP contribution in [-0.2, 0) is 6.54 Å². The number of rotatable bonds is 6. The molecule has 0 aliphatic rings. The lowest BCUT2D eigenvalue weighted by molar-refractivity contribution is 0.0689. The van der Waals surface area contributed by atoms with Crippen molar-refractivity contribution in [3.63, 3.8) is 0 Å². The lowest BCUT2D eigenvalue weighted by Crippen LogP contribution is -2.08. The van der Waals surface area contributed by atoms with Crippen LogP contribution in [0.4, 0.5) is 0 Å². The fourth-order valence-corrected chi connectivity index (χ4v) is 1.89. The molecule has 0 aliphatic carbocycles. The van der Waals surface area contributed by atoms with Gasteiger partial charge in [-0.15, -0.1) is 5.10 Å². The number of carbonyl (C=O) groups is 1. The fraction of sp³-hybridized carbons (Fsp3) is 0.357. The highest BCUT2D eigenvalue weighted by Crippen LogP contribution is 2.16. The van der Waals surface area contributed by atoms with E-state index in [4.69, 9.17) is 9.84 Å². The van der Waals surface area contributed by atoms with E-state index >= 15 is 0 Å². The maximum Gasteiger partial charge on any atom is 0.358 e. The number of benzene rings is 1. The SMILES string of the molecule is Cc1ccccc1OCCCn1nnc(C(=O)O)c1C. The lowest BCUT2D eigenvalue weighted by atomic mass is 10.2. The molecular weight excluding hydrogens is 258 g/mol. The van der Waals surface area contributed by atoms with Crippen LogP contribution in [0.1, 0.15) is 28.2 Å². The molecule has 0 aliphatic heterocycles. The first-order valence-corrected chi connectivity index (χ1v) is 6.41. The molecule has 0 atom stereocenters. The van der Waals surface area contributed by atoms with Gasteiger partial charge in [-0.3, -0.25) is 0 Å². The number of aryl methyl sites for hydroxylation is 2. The van der Waals surface area contributed by atoms with E-state index in [1.165, 1.54) is 0 Å². The van der Waals surface area contributed by atoms with E-state index in [9.17, 15) is 4.79 Å². The highest BCUT2D eigenvalue weighted by atomic mass is 16.5. The summed E-state index contributed by atoms with van der Waals surface area (Å²) in [7, 11) is 0. The number of hydrogen-bond donors (Lipinski definition) is 1. The van der Waals surface area contributed by atoms with Crippen LogP contribution in [0.3, 0.4) is 0 Å². The third-order valence-electron chi connectivity index (χ3n) is 3.05. The number of ether oxygens (including phenoxy) is 1. The molecule has 1 N–H and O–H groups in total. The van der Waals surface area contributed by atoms with Crippen LogP contribution in [0, 0.1) is 13.8 Å². The van der Waals surface area contributed by atoms with Crippen molar-refractivity contribution >= 4 is 5.97 Å². The van der Waals surface area contributed by atoms with Crippen molar-refractivity contribution in [1.29, 1.82) is 0 Å². The van der Waals surface area contributed by atoms with E-state index in [2.05, 4.69) is 10.3 Å². The predicted molar refractivity (Wildman–Crippen MR) is 73.0 cm³/mol. The lowest BCUT2D eigenvalue weighted by Gasteiger charge is -2.09. The van der Waals surface area contributed by atoms with E-state index in [0.717, 1.165) is 17.7 Å². The van der Waals surface area contributed by atoms with E-state index < -0.39 is 5.97 Å². The normalized spacial score (nSPS) is 10.5. The first-order valence-electron chi connectivity index (χ1n) is 6.41. The van der Waals surface area contributed by atoms with E-state index in [1.807, 2.05) is 31.2 Å². The number of aromatic carboxylic acids is 1. The predicted octanol–water partition coefficient (Wildman–Crippen LogP) is 2.06. The molecule has 0 amide bonds. The van der Waals surface area contributed by atoms with E-state index in [-0.39, 0.29) is 5.69 Å². The van der Waals surface area contributed by atoms with Crippen LogP contribution < -0.4 is 4.74 Å². The van der Waals surface area contributed by atoms with Gasteiger partial charge in [-0.1, -0.05) is 23.4 Å². The van der Waals surface area contributed by atoms with Gasteiger partial charge in [-0.2, -0.15) is 0 Å². The van der Waals surface area contributed by atoms with Crippen LogP contribution in [0.25, 0.3) is 0 Å². The Labute approximate surface area is 117 Å². The van der Waals surface area contributed by atoms with Gasteiger partial charge in [-0.25, -0.2) is 9.48 Å². The minimum atomic E-state index is -1.05. The molecule has 0 fully saturated rings. The Hall–Kier alpha value is -2.37. The summed E-state index contributed by atoms with van der Waals surface area (Å²) in [6, 6.07) is 7.83. The van der Waals surface area contributed by atoms with Gasteiger partial charge in [0.15, 0.2) is 5.69 Å². The number of carboxylic acids is 1. The largest absolute Gasteiger partial charge is 0.493 e. The van der Waals surface area contributed by atoms with Gasteiger partial charge in [0, 0.05) is 13.0 Å². The maximum atomic E-state index is 10.8. The van der Waals surface area contributed by atoms with Gasteiger partial charge < -0.3 is 9.84 Å². The van der Waals surface area contributed by atoms with Gasteiger partial charge in [-0.05, 0) is 25.5 Å². The Balaban J connectivity index is 1.85. The summed E-state index contributed by atoms with van der Waals surface area (Å²) in [4.78, 5) is 10.8. The Morgan fingerprint density at radius 3 is 2.75 bits per heavy atom. The van der Waals surface area contributed by atoms with Gasteiger partial charge >= 0.3 is 5.97 Å². The van der Waals surface area contributed by atoms with Crippen molar-refractivity contribution in [2.24, 2.45) is 0 Å². The maximum absolute atomic E-state index is 10.8. The summed E-state index contributed by atoms with van der Waals surface area (Å²) >= 11 is 0. The molecule has 0 bridgehead atoms. The number of aromatic nitrogens is 3. The summed E-state index contributed by atoms with van der Waals surface area (Å²) in [5.74, 6) is -0.182. The first-order chi connectivity index (χ1) is 9.59. The van der Waals surface area contributed by atoms with Crippen LogP contribution in [0.15, 0.2) is 24.3 Å². The van der Waals surface area contributed by atoms with Crippen molar-refractivity contribution < 1.29 is 14.6 Å². The van der Waals surface area contributed by atoms with Gasteiger partial charge in [0.25, 0.3) is 0 Å². The van der Waals surface area contributed by atoms with Crippen LogP contribution in [-0.4, -0.2) is 32.7 Å². The molecule has 0 saturated carbocycles. The second-order valence-electron chi connectivity index (χ2n) is 4.52. The zero-order valence-electron chi connectivity index (χ0n) is 11.5. The molecule has 0 saturated heterocycles. The quantitative estimate of drug-likeness (QED) is 0.816. The second-order valence-corrected chi connectivity index (χ2v) is 4.52. The third kappa shape index (κ3) is 3.14. The average Bonchev–Trinajstić information content (AvgIpc) is 2.78. The Kier molecular flexibility index (Phi) is 4.34. The van der Waals surface area contributed by atoms with Crippen LogP contribution in [0.2, 0.25) is 0 Å².